The van der Waals surface area contributed by atoms with Gasteiger partial charge < -0.3 is 10.4 Å². The fourth-order valence-corrected chi connectivity index (χ4v) is 2.91. The number of fused-ring (bicyclic) bond motifs is 1. The van der Waals surface area contributed by atoms with E-state index in [2.05, 4.69) is 20.6 Å². The van der Waals surface area contributed by atoms with Crippen molar-refractivity contribution in [3.8, 4) is 5.88 Å². The van der Waals surface area contributed by atoms with Gasteiger partial charge >= 0.3 is 11.7 Å². The van der Waals surface area contributed by atoms with E-state index in [0.29, 0.717) is 11.1 Å². The van der Waals surface area contributed by atoms with Gasteiger partial charge in [0.1, 0.15) is 5.56 Å². The smallest absolute Gasteiger partial charge is 0.328 e. The Morgan fingerprint density at radius 2 is 1.73 bits per heavy atom. The molecule has 3 heterocycles. The van der Waals surface area contributed by atoms with E-state index in [4.69, 9.17) is 0 Å². The van der Waals surface area contributed by atoms with Crippen LogP contribution < -0.4 is 21.9 Å². The first kappa shape index (κ1) is 15.6. The van der Waals surface area contributed by atoms with Crippen LogP contribution in [0.4, 0.5) is 4.79 Å². The van der Waals surface area contributed by atoms with Crippen LogP contribution in [-0.4, -0.2) is 39.3 Å². The molecule has 2 aliphatic heterocycles. The monoisotopic (exact) mass is 353 g/mol. The van der Waals surface area contributed by atoms with Crippen molar-refractivity contribution in [2.45, 2.75) is 0 Å². The van der Waals surface area contributed by atoms with Gasteiger partial charge in [-0.3, -0.25) is 24.9 Å². The van der Waals surface area contributed by atoms with Gasteiger partial charge in [0.15, 0.2) is 0 Å². The first-order chi connectivity index (χ1) is 12.5. The Morgan fingerprint density at radius 3 is 2.42 bits per heavy atom. The number of aromatic hydroxyl groups is 1. The standard InChI is InChI=1S/C16H11N5O5/c22-12-8(5-17-15(25)19-12)10-6-3-1-2-4-7(6)11(18-10)9-13(23)20-16(26)21-14(9)24/h1-4H,5H2,(H2,17,19,22,25)(H3,20,21,23,24,26)/b10-8+. The van der Waals surface area contributed by atoms with Crippen LogP contribution in [0.3, 0.4) is 0 Å². The number of hydrogen-bond donors (Lipinski definition) is 5. The lowest BCUT2D eigenvalue weighted by Gasteiger charge is -2.17. The predicted molar refractivity (Wildman–Crippen MR) is 89.9 cm³/mol. The molecule has 1 aromatic heterocycles. The summed E-state index contributed by atoms with van der Waals surface area (Å²) in [6.45, 7) is -0.0287. The van der Waals surface area contributed by atoms with E-state index in [-0.39, 0.29) is 29.1 Å². The van der Waals surface area contributed by atoms with Crippen molar-refractivity contribution in [1.82, 2.24) is 20.6 Å². The van der Waals surface area contributed by atoms with Gasteiger partial charge in [-0.25, -0.2) is 14.6 Å². The molecular formula is C16H11N5O5. The Kier molecular flexibility index (Phi) is 3.32. The van der Waals surface area contributed by atoms with Crippen molar-refractivity contribution in [3.63, 3.8) is 0 Å². The maximum absolute atomic E-state index is 12.2. The number of nitrogens with zero attached hydrogens (tertiary/aromatic N) is 1. The molecule has 1 fully saturated rings. The summed E-state index contributed by atoms with van der Waals surface area (Å²) >= 11 is 0. The van der Waals surface area contributed by atoms with Crippen LogP contribution in [0.2, 0.25) is 0 Å². The highest BCUT2D eigenvalue weighted by Crippen LogP contribution is 2.34. The average molecular weight is 353 g/mol. The molecule has 3 amide bonds. The number of urea groups is 1. The Labute approximate surface area is 144 Å². The summed E-state index contributed by atoms with van der Waals surface area (Å²) in [5, 5.41) is 14.7. The summed E-state index contributed by atoms with van der Waals surface area (Å²) in [5.41, 5.74) is -0.203. The number of benzene rings is 1. The number of H-pyrrole nitrogens is 2. The normalized spacial score (nSPS) is 18.8. The van der Waals surface area contributed by atoms with E-state index in [1.165, 1.54) is 0 Å². The third kappa shape index (κ3) is 2.32. The van der Waals surface area contributed by atoms with E-state index < -0.39 is 29.1 Å². The number of rotatable bonds is 1. The number of nitrogens with one attached hydrogen (secondary N) is 4. The summed E-state index contributed by atoms with van der Waals surface area (Å²) < 4.78 is 0. The molecule has 0 atom stereocenters. The molecule has 0 spiro atoms. The van der Waals surface area contributed by atoms with Crippen molar-refractivity contribution in [1.29, 1.82) is 0 Å². The highest BCUT2D eigenvalue weighted by molar-refractivity contribution is 6.23. The van der Waals surface area contributed by atoms with Gasteiger partial charge in [0, 0.05) is 11.1 Å². The second-order valence-electron chi connectivity index (χ2n) is 5.60. The second kappa shape index (κ2) is 5.55. The Hall–Kier alpha value is -3.95. The predicted octanol–water partition coefficient (Wildman–Crippen LogP) is -0.830. The molecule has 2 aromatic rings. The molecule has 0 bridgehead atoms. The second-order valence-corrected chi connectivity index (χ2v) is 5.60. The van der Waals surface area contributed by atoms with Gasteiger partial charge in [-0.05, 0) is 0 Å². The quantitative estimate of drug-likeness (QED) is 0.423. The Morgan fingerprint density at radius 1 is 1.00 bits per heavy atom. The van der Waals surface area contributed by atoms with E-state index in [1.54, 1.807) is 24.3 Å². The highest BCUT2D eigenvalue weighted by atomic mass is 16.3. The van der Waals surface area contributed by atoms with Crippen molar-refractivity contribution in [2.24, 2.45) is 4.99 Å². The van der Waals surface area contributed by atoms with Gasteiger partial charge in [0.2, 0.25) is 5.88 Å². The van der Waals surface area contributed by atoms with Crippen molar-refractivity contribution in [3.05, 3.63) is 67.4 Å². The molecule has 10 heteroatoms. The van der Waals surface area contributed by atoms with Gasteiger partial charge in [0.25, 0.3) is 11.5 Å². The lowest BCUT2D eigenvalue weighted by Crippen LogP contribution is -2.48. The van der Waals surface area contributed by atoms with Gasteiger partial charge in [-0.15, -0.1) is 0 Å². The van der Waals surface area contributed by atoms with Gasteiger partial charge in [0.05, 0.1) is 23.5 Å². The van der Waals surface area contributed by atoms with E-state index >= 15 is 0 Å². The summed E-state index contributed by atoms with van der Waals surface area (Å²) in [5.74, 6) is -1.22. The molecule has 0 unspecified atom stereocenters. The average Bonchev–Trinajstić information content (AvgIpc) is 2.93. The zero-order valence-electron chi connectivity index (χ0n) is 13.0. The topological polar surface area (TPSA) is 157 Å². The Balaban J connectivity index is 1.98. The molecule has 130 valence electrons. The number of aromatic amines is 2. The van der Waals surface area contributed by atoms with Crippen LogP contribution >= 0.6 is 0 Å². The van der Waals surface area contributed by atoms with Crippen molar-refractivity contribution < 1.29 is 14.7 Å². The first-order valence-electron chi connectivity index (χ1n) is 7.52. The fourth-order valence-electron chi connectivity index (χ4n) is 2.91. The molecular weight excluding hydrogens is 342 g/mol. The highest BCUT2D eigenvalue weighted by Gasteiger charge is 2.31. The number of aromatic nitrogens is 2. The maximum atomic E-state index is 12.2. The first-order valence-corrected chi connectivity index (χ1v) is 7.52. The minimum atomic E-state index is -0.851. The molecule has 26 heavy (non-hydrogen) atoms. The number of carbonyl (C=O) groups excluding carboxylic acids is 2. The number of carbonyl (C=O) groups is 2. The summed E-state index contributed by atoms with van der Waals surface area (Å²) in [6.07, 6.45) is 0. The third-order valence-electron chi connectivity index (χ3n) is 4.03. The number of amides is 3. The van der Waals surface area contributed by atoms with Crippen LogP contribution in [0.5, 0.6) is 5.88 Å². The fraction of sp³-hybridized carbons (Fsp3) is 0.0625. The lowest BCUT2D eigenvalue weighted by atomic mass is 9.98. The number of aliphatic imine (C=N–C) groups is 1. The maximum Gasteiger partial charge on any atom is 0.328 e. The third-order valence-corrected chi connectivity index (χ3v) is 4.03. The summed E-state index contributed by atoms with van der Waals surface area (Å²) in [7, 11) is 0. The van der Waals surface area contributed by atoms with Crippen LogP contribution in [0.15, 0.2) is 44.4 Å². The van der Waals surface area contributed by atoms with Crippen molar-refractivity contribution >= 4 is 23.3 Å². The van der Waals surface area contributed by atoms with Crippen LogP contribution in [0.25, 0.3) is 5.70 Å². The lowest BCUT2D eigenvalue weighted by molar-refractivity contribution is -0.116. The van der Waals surface area contributed by atoms with E-state index in [9.17, 15) is 24.3 Å². The molecule has 10 nitrogen and oxygen atoms in total. The molecule has 4 rings (SSSR count). The van der Waals surface area contributed by atoms with Crippen LogP contribution in [-0.2, 0) is 4.79 Å². The molecule has 1 saturated heterocycles. The molecule has 2 aliphatic rings. The largest absolute Gasteiger partial charge is 0.494 e. The van der Waals surface area contributed by atoms with E-state index in [1.807, 2.05) is 4.98 Å². The zero-order valence-corrected chi connectivity index (χ0v) is 13.0. The molecule has 5 N–H and O–H groups in total. The zero-order chi connectivity index (χ0) is 18.4. The number of hydrogen-bond acceptors (Lipinski definition) is 6. The molecule has 0 radical (unpaired) electrons. The van der Waals surface area contributed by atoms with Crippen LogP contribution in [0.1, 0.15) is 16.7 Å². The summed E-state index contributed by atoms with van der Waals surface area (Å²) in [4.78, 5) is 55.4. The minimum absolute atomic E-state index is 0.0287. The minimum Gasteiger partial charge on any atom is -0.494 e. The molecule has 0 saturated carbocycles. The SMILES string of the molecule is O=C1NC/C(=C2\N=C(c3c(O)[nH]c(=O)[nH]c3=O)c3ccccc32)C(=O)N1. The van der Waals surface area contributed by atoms with E-state index in [0.717, 1.165) is 0 Å². The van der Waals surface area contributed by atoms with Crippen molar-refractivity contribution in [2.75, 3.05) is 6.54 Å². The summed E-state index contributed by atoms with van der Waals surface area (Å²) in [6, 6.07) is 6.21. The van der Waals surface area contributed by atoms with Gasteiger partial charge in [-0.1, -0.05) is 24.3 Å². The number of imide groups is 1. The van der Waals surface area contributed by atoms with Gasteiger partial charge in [-0.2, -0.15) is 0 Å². The molecule has 1 aromatic carbocycles. The molecule has 0 aliphatic carbocycles. The Bertz CT molecular complexity index is 1150. The van der Waals surface area contributed by atoms with Crippen LogP contribution in [0, 0.1) is 0 Å².